The van der Waals surface area contributed by atoms with Crippen LogP contribution >= 0.6 is 11.6 Å². The van der Waals surface area contributed by atoms with E-state index in [1.807, 2.05) is 54.6 Å². The Kier molecular flexibility index (Phi) is 3.94. The first kappa shape index (κ1) is 14.4. The van der Waals surface area contributed by atoms with Crippen molar-refractivity contribution in [2.24, 2.45) is 0 Å². The Morgan fingerprint density at radius 3 is 2.18 bits per heavy atom. The first-order chi connectivity index (χ1) is 10.6. The van der Waals surface area contributed by atoms with E-state index >= 15 is 0 Å². The Hall–Kier alpha value is -2.58. The van der Waals surface area contributed by atoms with Gasteiger partial charge in [0.25, 0.3) is 0 Å². The minimum Gasteiger partial charge on any atom is -0.478 e. The van der Waals surface area contributed by atoms with Gasteiger partial charge in [0.05, 0.1) is 5.56 Å². The van der Waals surface area contributed by atoms with Crippen molar-refractivity contribution >= 4 is 17.6 Å². The number of carboxylic acids is 1. The lowest BCUT2D eigenvalue weighted by Crippen LogP contribution is -2.00. The van der Waals surface area contributed by atoms with Crippen LogP contribution < -0.4 is 0 Å². The fourth-order valence-electron chi connectivity index (χ4n) is 2.44. The lowest BCUT2D eigenvalue weighted by molar-refractivity contribution is 0.0698. The Morgan fingerprint density at radius 2 is 1.50 bits per heavy atom. The Balaban J connectivity index is 2.15. The van der Waals surface area contributed by atoms with Gasteiger partial charge in [-0.05, 0) is 40.5 Å². The fourth-order valence-corrected chi connectivity index (χ4v) is 2.63. The highest BCUT2D eigenvalue weighted by atomic mass is 35.5. The molecule has 0 radical (unpaired) electrons. The molecule has 3 rings (SSSR count). The van der Waals surface area contributed by atoms with Crippen molar-refractivity contribution in [3.8, 4) is 22.3 Å². The summed E-state index contributed by atoms with van der Waals surface area (Å²) in [7, 11) is 0. The van der Waals surface area contributed by atoms with Gasteiger partial charge < -0.3 is 5.11 Å². The van der Waals surface area contributed by atoms with E-state index in [-0.39, 0.29) is 5.56 Å². The molecule has 0 aromatic heterocycles. The molecule has 0 saturated heterocycles. The van der Waals surface area contributed by atoms with Gasteiger partial charge in [0.2, 0.25) is 0 Å². The van der Waals surface area contributed by atoms with Crippen molar-refractivity contribution < 1.29 is 9.90 Å². The normalized spacial score (nSPS) is 10.4. The summed E-state index contributed by atoms with van der Waals surface area (Å²) in [5, 5.41) is 10.1. The van der Waals surface area contributed by atoms with Crippen LogP contribution in [0.15, 0.2) is 72.8 Å². The molecule has 0 spiro atoms. The molecule has 22 heavy (non-hydrogen) atoms. The van der Waals surface area contributed by atoms with Gasteiger partial charge in [-0.15, -0.1) is 0 Å². The molecule has 0 saturated carbocycles. The summed E-state index contributed by atoms with van der Waals surface area (Å²) in [6, 6.07) is 22.4. The van der Waals surface area contributed by atoms with E-state index in [0.29, 0.717) is 10.6 Å². The zero-order valence-electron chi connectivity index (χ0n) is 11.7. The van der Waals surface area contributed by atoms with Crippen molar-refractivity contribution in [2.75, 3.05) is 0 Å². The van der Waals surface area contributed by atoms with E-state index in [4.69, 9.17) is 11.6 Å². The molecule has 0 heterocycles. The van der Waals surface area contributed by atoms with Crippen molar-refractivity contribution in [1.29, 1.82) is 0 Å². The van der Waals surface area contributed by atoms with Crippen LogP contribution in [0.3, 0.4) is 0 Å². The molecule has 0 amide bonds. The Morgan fingerprint density at radius 1 is 0.773 bits per heavy atom. The minimum atomic E-state index is -0.951. The second-order valence-corrected chi connectivity index (χ2v) is 5.38. The Bertz CT molecular complexity index is 826. The van der Waals surface area contributed by atoms with E-state index in [9.17, 15) is 9.90 Å². The van der Waals surface area contributed by atoms with Crippen LogP contribution in [0.1, 0.15) is 10.4 Å². The number of aromatic carboxylic acids is 1. The van der Waals surface area contributed by atoms with Gasteiger partial charge in [0.1, 0.15) is 0 Å². The third kappa shape index (κ3) is 2.87. The second kappa shape index (κ2) is 6.04. The molecule has 0 bridgehead atoms. The van der Waals surface area contributed by atoms with Crippen LogP contribution in [0.5, 0.6) is 0 Å². The van der Waals surface area contributed by atoms with Crippen molar-refractivity contribution in [1.82, 2.24) is 0 Å². The van der Waals surface area contributed by atoms with Crippen LogP contribution in [0, 0.1) is 0 Å². The third-order valence-corrected chi connectivity index (χ3v) is 3.73. The van der Waals surface area contributed by atoms with Crippen molar-refractivity contribution in [2.45, 2.75) is 0 Å². The summed E-state index contributed by atoms with van der Waals surface area (Å²) < 4.78 is 0. The molecule has 0 aliphatic carbocycles. The molecular weight excluding hydrogens is 296 g/mol. The lowest BCUT2D eigenvalue weighted by Gasteiger charge is -2.10. The standard InChI is InChI=1S/C19H13ClO2/c20-16-8-4-7-15(11-16)17-10-9-14(12-18(17)19(21)22)13-5-2-1-3-6-13/h1-12H,(H,21,22). The predicted octanol–water partition coefficient (Wildman–Crippen LogP) is 5.37. The number of hydrogen-bond acceptors (Lipinski definition) is 1. The molecule has 0 unspecified atom stereocenters. The minimum absolute atomic E-state index is 0.267. The third-order valence-electron chi connectivity index (χ3n) is 3.49. The first-order valence-corrected chi connectivity index (χ1v) is 7.21. The van der Waals surface area contributed by atoms with E-state index in [1.165, 1.54) is 0 Å². The summed E-state index contributed by atoms with van der Waals surface area (Å²) in [4.78, 5) is 11.6. The summed E-state index contributed by atoms with van der Waals surface area (Å²) in [5.74, 6) is -0.951. The van der Waals surface area contributed by atoms with E-state index in [1.54, 1.807) is 18.2 Å². The van der Waals surface area contributed by atoms with Crippen LogP contribution in [0.2, 0.25) is 5.02 Å². The number of halogens is 1. The fraction of sp³-hybridized carbons (Fsp3) is 0. The molecule has 3 aromatic rings. The Labute approximate surface area is 133 Å². The zero-order valence-corrected chi connectivity index (χ0v) is 12.4. The van der Waals surface area contributed by atoms with Crippen molar-refractivity contribution in [3.05, 3.63) is 83.4 Å². The number of hydrogen-bond donors (Lipinski definition) is 1. The molecule has 0 atom stereocenters. The van der Waals surface area contributed by atoms with Gasteiger partial charge in [-0.1, -0.05) is 66.2 Å². The van der Waals surface area contributed by atoms with Gasteiger partial charge in [-0.25, -0.2) is 4.79 Å². The maximum atomic E-state index is 11.6. The van der Waals surface area contributed by atoms with Gasteiger partial charge in [0, 0.05) is 5.02 Å². The average molecular weight is 309 g/mol. The predicted molar refractivity (Wildman–Crippen MR) is 89.3 cm³/mol. The zero-order chi connectivity index (χ0) is 15.5. The molecule has 0 aliphatic rings. The molecule has 0 fully saturated rings. The largest absolute Gasteiger partial charge is 0.478 e. The van der Waals surface area contributed by atoms with Crippen LogP contribution in [-0.4, -0.2) is 11.1 Å². The highest BCUT2D eigenvalue weighted by Gasteiger charge is 2.13. The van der Waals surface area contributed by atoms with Gasteiger partial charge >= 0.3 is 5.97 Å². The molecule has 3 aromatic carbocycles. The second-order valence-electron chi connectivity index (χ2n) is 4.94. The maximum Gasteiger partial charge on any atom is 0.336 e. The maximum absolute atomic E-state index is 11.6. The highest BCUT2D eigenvalue weighted by molar-refractivity contribution is 6.30. The number of carboxylic acid groups (broad SMARTS) is 1. The van der Waals surface area contributed by atoms with Crippen molar-refractivity contribution in [3.63, 3.8) is 0 Å². The SMILES string of the molecule is O=C(O)c1cc(-c2ccccc2)ccc1-c1cccc(Cl)c1. The summed E-state index contributed by atoms with van der Waals surface area (Å²) in [6.45, 7) is 0. The molecular formula is C19H13ClO2. The molecule has 3 heteroatoms. The van der Waals surface area contributed by atoms with E-state index in [0.717, 1.165) is 16.7 Å². The molecule has 2 nitrogen and oxygen atoms in total. The van der Waals surface area contributed by atoms with Gasteiger partial charge in [-0.3, -0.25) is 0 Å². The lowest BCUT2D eigenvalue weighted by atomic mass is 9.95. The number of benzene rings is 3. The number of rotatable bonds is 3. The highest BCUT2D eigenvalue weighted by Crippen LogP contribution is 2.30. The summed E-state index contributed by atoms with van der Waals surface area (Å²) in [6.07, 6.45) is 0. The molecule has 1 N–H and O–H groups in total. The van der Waals surface area contributed by atoms with Gasteiger partial charge in [-0.2, -0.15) is 0 Å². The van der Waals surface area contributed by atoms with E-state index in [2.05, 4.69) is 0 Å². The van der Waals surface area contributed by atoms with Crippen LogP contribution in [0.25, 0.3) is 22.3 Å². The first-order valence-electron chi connectivity index (χ1n) is 6.84. The molecule has 0 aliphatic heterocycles. The monoisotopic (exact) mass is 308 g/mol. The average Bonchev–Trinajstić information content (AvgIpc) is 2.55. The van der Waals surface area contributed by atoms with Gasteiger partial charge in [0.15, 0.2) is 0 Å². The van der Waals surface area contributed by atoms with E-state index < -0.39 is 5.97 Å². The quantitative estimate of drug-likeness (QED) is 0.706. The van der Waals surface area contributed by atoms with Crippen LogP contribution in [0.4, 0.5) is 0 Å². The topological polar surface area (TPSA) is 37.3 Å². The summed E-state index contributed by atoms with van der Waals surface area (Å²) >= 11 is 6.01. The number of carbonyl (C=O) groups is 1. The molecule has 108 valence electrons. The smallest absolute Gasteiger partial charge is 0.336 e. The summed E-state index contributed by atoms with van der Waals surface area (Å²) in [5.41, 5.74) is 3.59. The van der Waals surface area contributed by atoms with Crippen LogP contribution in [-0.2, 0) is 0 Å².